The van der Waals surface area contributed by atoms with Crippen LogP contribution in [0, 0.1) is 17.6 Å². The molecule has 30 heavy (non-hydrogen) atoms. The number of rotatable bonds is 13. The summed E-state index contributed by atoms with van der Waals surface area (Å²) in [5, 5.41) is 3.50. The lowest BCUT2D eigenvalue weighted by Gasteiger charge is -2.31. The van der Waals surface area contributed by atoms with Crippen molar-refractivity contribution in [3.63, 3.8) is 0 Å². The first-order valence-corrected chi connectivity index (χ1v) is 12.4. The highest BCUT2D eigenvalue weighted by atomic mass is 32.2. The van der Waals surface area contributed by atoms with Gasteiger partial charge in [0, 0.05) is 25.8 Å². The van der Waals surface area contributed by atoms with Crippen LogP contribution in [-0.4, -0.2) is 51.6 Å². The number of ether oxygens (including phenoxy) is 1. The Balaban J connectivity index is 1.26. The Morgan fingerprint density at radius 1 is 1.00 bits per heavy atom. The molecule has 0 amide bonds. The number of hydrogen-bond donors (Lipinski definition) is 2. The molecule has 1 aliphatic carbocycles. The first kappa shape index (κ1) is 23.4. The van der Waals surface area contributed by atoms with E-state index < -0.39 is 21.8 Å². The number of anilines is 1. The van der Waals surface area contributed by atoms with E-state index in [9.17, 15) is 17.2 Å². The van der Waals surface area contributed by atoms with Crippen LogP contribution in [0.3, 0.4) is 0 Å². The lowest BCUT2D eigenvalue weighted by atomic mass is 10.1. The van der Waals surface area contributed by atoms with Crippen LogP contribution in [0.1, 0.15) is 51.4 Å². The van der Waals surface area contributed by atoms with Gasteiger partial charge in [0.15, 0.2) is 11.6 Å². The molecule has 1 aromatic carbocycles. The quantitative estimate of drug-likeness (QED) is 0.455. The summed E-state index contributed by atoms with van der Waals surface area (Å²) in [5.41, 5.74) is 0.00927. The fraction of sp³-hybridized carbons (Fsp3) is 0.714. The first-order chi connectivity index (χ1) is 14.4. The minimum atomic E-state index is -3.80. The second-order valence-corrected chi connectivity index (χ2v) is 9.94. The van der Waals surface area contributed by atoms with Crippen LogP contribution in [0.15, 0.2) is 18.2 Å². The third-order valence-electron chi connectivity index (χ3n) is 5.64. The molecule has 2 N–H and O–H groups in total. The molecule has 0 spiro atoms. The van der Waals surface area contributed by atoms with Gasteiger partial charge in [-0.1, -0.05) is 12.8 Å². The van der Waals surface area contributed by atoms with Gasteiger partial charge in [0.2, 0.25) is 0 Å². The van der Waals surface area contributed by atoms with E-state index in [2.05, 4.69) is 10.0 Å². The van der Waals surface area contributed by atoms with Crippen molar-refractivity contribution in [3.05, 3.63) is 29.8 Å². The molecule has 0 bridgehead atoms. The molecule has 1 saturated carbocycles. The van der Waals surface area contributed by atoms with Crippen molar-refractivity contribution < 1.29 is 21.9 Å². The van der Waals surface area contributed by atoms with Gasteiger partial charge in [-0.2, -0.15) is 12.7 Å². The molecular formula is C21H33F2N3O3S. The third-order valence-corrected chi connectivity index (χ3v) is 7.18. The second kappa shape index (κ2) is 11.4. The molecule has 0 unspecified atom stereocenters. The summed E-state index contributed by atoms with van der Waals surface area (Å²) in [5.74, 6) is -1.17. The molecule has 3 rings (SSSR count). The zero-order valence-corrected chi connectivity index (χ0v) is 18.2. The van der Waals surface area contributed by atoms with Crippen molar-refractivity contribution in [1.82, 2.24) is 9.62 Å². The third kappa shape index (κ3) is 7.76. The Morgan fingerprint density at radius 3 is 2.43 bits per heavy atom. The van der Waals surface area contributed by atoms with Crippen molar-refractivity contribution in [2.24, 2.45) is 5.92 Å². The van der Waals surface area contributed by atoms with Gasteiger partial charge >= 0.3 is 10.2 Å². The van der Waals surface area contributed by atoms with Gasteiger partial charge in [-0.3, -0.25) is 4.72 Å². The van der Waals surface area contributed by atoms with E-state index in [-0.39, 0.29) is 11.8 Å². The van der Waals surface area contributed by atoms with E-state index in [1.165, 1.54) is 42.6 Å². The Morgan fingerprint density at radius 2 is 1.73 bits per heavy atom. The number of hydrogen-bond acceptors (Lipinski definition) is 4. The maximum Gasteiger partial charge on any atom is 0.301 e. The van der Waals surface area contributed by atoms with E-state index in [0.29, 0.717) is 32.5 Å². The lowest BCUT2D eigenvalue weighted by molar-refractivity contribution is 0.0193. The second-order valence-electron chi connectivity index (χ2n) is 8.27. The molecule has 1 saturated heterocycles. The Labute approximate surface area is 178 Å². The van der Waals surface area contributed by atoms with Crippen LogP contribution >= 0.6 is 0 Å². The molecule has 0 radical (unpaired) electrons. The molecular weight excluding hydrogens is 412 g/mol. The maximum atomic E-state index is 13.3. The lowest BCUT2D eigenvalue weighted by Crippen LogP contribution is -2.43. The van der Waals surface area contributed by atoms with Gasteiger partial charge in [-0.05, 0) is 69.7 Å². The molecule has 1 aliphatic heterocycles. The SMILES string of the molecule is O=S(=O)(Nc1ccc(F)c(F)c1)N1CCC(OCCCCCCNCC2CC2)CC1. The monoisotopic (exact) mass is 445 g/mol. The fourth-order valence-electron chi connectivity index (χ4n) is 3.60. The van der Waals surface area contributed by atoms with E-state index in [1.54, 1.807) is 0 Å². The summed E-state index contributed by atoms with van der Waals surface area (Å²) in [6, 6.07) is 2.94. The average Bonchev–Trinajstić information content (AvgIpc) is 3.54. The molecule has 2 fully saturated rings. The standard InChI is InChI=1S/C21H33F2N3O3S/c22-20-8-7-18(15-21(20)23)25-30(27,28)26-12-9-19(10-13-26)29-14-4-2-1-3-11-24-16-17-5-6-17/h7-8,15,17,19,24-25H,1-6,9-14,16H2. The zero-order valence-electron chi connectivity index (χ0n) is 17.4. The highest BCUT2D eigenvalue weighted by Gasteiger charge is 2.28. The van der Waals surface area contributed by atoms with Crippen molar-refractivity contribution in [2.45, 2.75) is 57.5 Å². The fourth-order valence-corrected chi connectivity index (χ4v) is 4.84. The van der Waals surface area contributed by atoms with E-state index in [0.717, 1.165) is 37.4 Å². The summed E-state index contributed by atoms with van der Waals surface area (Å²) in [6.07, 6.45) is 8.68. The predicted octanol–water partition coefficient (Wildman–Crippen LogP) is 3.66. The minimum Gasteiger partial charge on any atom is -0.378 e. The van der Waals surface area contributed by atoms with Crippen molar-refractivity contribution >= 4 is 15.9 Å². The van der Waals surface area contributed by atoms with Crippen LogP contribution < -0.4 is 10.0 Å². The van der Waals surface area contributed by atoms with Gasteiger partial charge in [0.05, 0.1) is 11.8 Å². The summed E-state index contributed by atoms with van der Waals surface area (Å²) in [4.78, 5) is 0. The minimum absolute atomic E-state index is 0.00927. The molecule has 9 heteroatoms. The largest absolute Gasteiger partial charge is 0.378 e. The number of halogens is 2. The van der Waals surface area contributed by atoms with Gasteiger partial charge in [0.25, 0.3) is 0 Å². The molecule has 2 aliphatic rings. The average molecular weight is 446 g/mol. The summed E-state index contributed by atoms with van der Waals surface area (Å²) < 4.78 is 60.7. The van der Waals surface area contributed by atoms with Crippen LogP contribution in [0.2, 0.25) is 0 Å². The Bertz CT molecular complexity index is 767. The van der Waals surface area contributed by atoms with E-state index >= 15 is 0 Å². The summed E-state index contributed by atoms with van der Waals surface area (Å²) in [6.45, 7) is 3.67. The Kier molecular flexibility index (Phi) is 8.85. The molecule has 6 nitrogen and oxygen atoms in total. The van der Waals surface area contributed by atoms with Gasteiger partial charge in [0.1, 0.15) is 0 Å². The number of unbranched alkanes of at least 4 members (excludes halogenated alkanes) is 3. The number of nitrogens with one attached hydrogen (secondary N) is 2. The van der Waals surface area contributed by atoms with E-state index in [4.69, 9.17) is 4.74 Å². The van der Waals surface area contributed by atoms with Crippen molar-refractivity contribution in [3.8, 4) is 0 Å². The number of nitrogens with zero attached hydrogens (tertiary/aromatic N) is 1. The van der Waals surface area contributed by atoms with Gasteiger partial charge in [-0.15, -0.1) is 0 Å². The number of benzene rings is 1. The van der Waals surface area contributed by atoms with Crippen molar-refractivity contribution in [1.29, 1.82) is 0 Å². The van der Waals surface area contributed by atoms with Crippen molar-refractivity contribution in [2.75, 3.05) is 37.5 Å². The van der Waals surface area contributed by atoms with Crippen LogP contribution in [0.25, 0.3) is 0 Å². The summed E-state index contributed by atoms with van der Waals surface area (Å²) in [7, 11) is -3.80. The molecule has 0 atom stereocenters. The maximum absolute atomic E-state index is 13.3. The topological polar surface area (TPSA) is 70.7 Å². The molecule has 1 aromatic rings. The highest BCUT2D eigenvalue weighted by Crippen LogP contribution is 2.27. The van der Waals surface area contributed by atoms with Crippen LogP contribution in [0.4, 0.5) is 14.5 Å². The molecule has 1 heterocycles. The van der Waals surface area contributed by atoms with Gasteiger partial charge in [-0.25, -0.2) is 8.78 Å². The van der Waals surface area contributed by atoms with E-state index in [1.807, 2.05) is 0 Å². The predicted molar refractivity (Wildman–Crippen MR) is 114 cm³/mol. The van der Waals surface area contributed by atoms with Gasteiger partial charge < -0.3 is 10.1 Å². The van der Waals surface area contributed by atoms with Crippen LogP contribution in [0.5, 0.6) is 0 Å². The highest BCUT2D eigenvalue weighted by molar-refractivity contribution is 7.90. The molecule has 0 aromatic heterocycles. The number of piperidine rings is 1. The van der Waals surface area contributed by atoms with Crippen LogP contribution in [-0.2, 0) is 14.9 Å². The normalized spacial score (nSPS) is 18.6. The zero-order chi connectivity index (χ0) is 21.4. The molecule has 170 valence electrons. The first-order valence-electron chi connectivity index (χ1n) is 11.0. The summed E-state index contributed by atoms with van der Waals surface area (Å²) >= 11 is 0. The Hall–Kier alpha value is -1.29. The smallest absolute Gasteiger partial charge is 0.301 e.